The normalized spacial score (nSPS) is 14.9. The number of carbonyl (C=O) groups is 2. The SMILES string of the molecule is CC.CC(C)C[C@@H](C(=O)Nc1cnc(C(O)CO)cn1)N1Cc2c(cccc2C(F)(F)F)C1=O. The second-order valence-electron chi connectivity index (χ2n) is 7.92. The van der Waals surface area contributed by atoms with E-state index in [1.165, 1.54) is 24.5 Å². The van der Waals surface area contributed by atoms with Crippen LogP contribution in [0.15, 0.2) is 30.6 Å². The first-order valence-corrected chi connectivity index (χ1v) is 10.9. The zero-order chi connectivity index (χ0) is 25.6. The zero-order valence-electron chi connectivity index (χ0n) is 19.4. The van der Waals surface area contributed by atoms with Crippen molar-refractivity contribution in [2.75, 3.05) is 11.9 Å². The van der Waals surface area contributed by atoms with Gasteiger partial charge in [0.25, 0.3) is 5.91 Å². The predicted molar refractivity (Wildman–Crippen MR) is 119 cm³/mol. The molecule has 0 radical (unpaired) electrons. The summed E-state index contributed by atoms with van der Waals surface area (Å²) in [5.41, 5.74) is -0.996. The van der Waals surface area contributed by atoms with Crippen LogP contribution in [0.3, 0.4) is 0 Å². The molecule has 0 spiro atoms. The number of nitrogens with one attached hydrogen (secondary N) is 1. The summed E-state index contributed by atoms with van der Waals surface area (Å²) in [6, 6.07) is 2.40. The Labute approximate surface area is 195 Å². The van der Waals surface area contributed by atoms with Gasteiger partial charge in [-0.1, -0.05) is 33.8 Å². The third-order valence-corrected chi connectivity index (χ3v) is 5.11. The van der Waals surface area contributed by atoms with E-state index < -0.39 is 42.3 Å². The number of aliphatic hydroxyl groups excluding tert-OH is 2. The minimum Gasteiger partial charge on any atom is -0.393 e. The molecule has 3 N–H and O–H groups in total. The second-order valence-corrected chi connectivity index (χ2v) is 7.92. The molecule has 0 saturated carbocycles. The van der Waals surface area contributed by atoms with Crippen molar-refractivity contribution in [1.82, 2.24) is 14.9 Å². The predicted octanol–water partition coefficient (Wildman–Crippen LogP) is 3.56. The number of benzene rings is 1. The van der Waals surface area contributed by atoms with Crippen molar-refractivity contribution in [3.8, 4) is 0 Å². The lowest BCUT2D eigenvalue weighted by atomic mass is 10.0. The van der Waals surface area contributed by atoms with E-state index in [1.807, 2.05) is 27.7 Å². The molecule has 2 heterocycles. The topological polar surface area (TPSA) is 116 Å². The number of rotatable bonds is 7. The third-order valence-electron chi connectivity index (χ3n) is 5.11. The van der Waals surface area contributed by atoms with Gasteiger partial charge in [0, 0.05) is 12.1 Å². The summed E-state index contributed by atoms with van der Waals surface area (Å²) in [5.74, 6) is -1.24. The van der Waals surface area contributed by atoms with Crippen molar-refractivity contribution in [2.45, 2.75) is 59.0 Å². The number of hydrogen-bond acceptors (Lipinski definition) is 6. The van der Waals surface area contributed by atoms with Gasteiger partial charge in [0.2, 0.25) is 5.91 Å². The molecular weight excluding hydrogens is 453 g/mol. The fraction of sp³-hybridized carbons (Fsp3) is 0.478. The van der Waals surface area contributed by atoms with Gasteiger partial charge in [-0.25, -0.2) is 4.98 Å². The van der Waals surface area contributed by atoms with Gasteiger partial charge < -0.3 is 20.4 Å². The molecule has 34 heavy (non-hydrogen) atoms. The lowest BCUT2D eigenvalue weighted by molar-refractivity contribution is -0.138. The number of fused-ring (bicyclic) bond motifs is 1. The number of carbonyl (C=O) groups excluding carboxylic acids is 2. The summed E-state index contributed by atoms with van der Waals surface area (Å²) >= 11 is 0. The number of alkyl halides is 3. The van der Waals surface area contributed by atoms with Crippen molar-refractivity contribution in [1.29, 1.82) is 0 Å². The standard InChI is InChI=1S/C21H23F3N4O4.C2H6/c1-11(2)6-16(19(31)27-18-8-25-15(7-26-18)17(30)10-29)28-9-13-12(20(28)32)4-3-5-14(13)21(22,23)24;1-2/h3-5,7-8,11,16-17,29-30H,6,9-10H2,1-2H3,(H,26,27,31);1-2H3/t16-,17?;/m0./s1. The first-order chi connectivity index (χ1) is 16.0. The maximum absolute atomic E-state index is 13.4. The van der Waals surface area contributed by atoms with Crippen LogP contribution >= 0.6 is 0 Å². The van der Waals surface area contributed by atoms with Crippen molar-refractivity contribution in [3.05, 3.63) is 53.0 Å². The fourth-order valence-corrected chi connectivity index (χ4v) is 3.57. The smallest absolute Gasteiger partial charge is 0.393 e. The van der Waals surface area contributed by atoms with Crippen LogP contribution in [0.5, 0.6) is 0 Å². The van der Waals surface area contributed by atoms with Crippen molar-refractivity contribution >= 4 is 17.6 Å². The molecule has 1 aromatic carbocycles. The van der Waals surface area contributed by atoms with Gasteiger partial charge in [-0.15, -0.1) is 0 Å². The number of anilines is 1. The van der Waals surface area contributed by atoms with Crippen LogP contribution in [-0.4, -0.2) is 49.5 Å². The van der Waals surface area contributed by atoms with Gasteiger partial charge in [-0.2, -0.15) is 13.2 Å². The minimum atomic E-state index is -4.62. The second kappa shape index (κ2) is 11.4. The molecule has 2 atom stereocenters. The van der Waals surface area contributed by atoms with Crippen molar-refractivity contribution in [3.63, 3.8) is 0 Å². The molecular formula is C23H29F3N4O4. The molecule has 0 fully saturated rings. The summed E-state index contributed by atoms with van der Waals surface area (Å²) in [7, 11) is 0. The molecule has 2 amide bonds. The summed E-state index contributed by atoms with van der Waals surface area (Å²) < 4.78 is 40.2. The molecule has 1 unspecified atom stereocenters. The van der Waals surface area contributed by atoms with Crippen LogP contribution in [-0.2, 0) is 17.5 Å². The Morgan fingerprint density at radius 3 is 2.41 bits per heavy atom. The highest BCUT2D eigenvalue weighted by Crippen LogP contribution is 2.38. The van der Waals surface area contributed by atoms with Gasteiger partial charge in [0.1, 0.15) is 12.1 Å². The molecule has 11 heteroatoms. The Kier molecular flexibility index (Phi) is 9.11. The first kappa shape index (κ1) is 27.2. The average molecular weight is 483 g/mol. The molecule has 0 bridgehead atoms. The molecule has 0 saturated heterocycles. The number of aliphatic hydroxyl groups is 2. The Balaban J connectivity index is 0.00000199. The van der Waals surface area contributed by atoms with Crippen LogP contribution in [0.2, 0.25) is 0 Å². The minimum absolute atomic E-state index is 0.0301. The molecule has 8 nitrogen and oxygen atoms in total. The largest absolute Gasteiger partial charge is 0.416 e. The van der Waals surface area contributed by atoms with Crippen LogP contribution < -0.4 is 5.32 Å². The molecule has 1 aliphatic heterocycles. The van der Waals surface area contributed by atoms with Gasteiger partial charge in [0.15, 0.2) is 5.82 Å². The lowest BCUT2D eigenvalue weighted by Crippen LogP contribution is -2.45. The first-order valence-electron chi connectivity index (χ1n) is 10.9. The Bertz CT molecular complexity index is 997. The van der Waals surface area contributed by atoms with E-state index in [1.54, 1.807) is 0 Å². The highest BCUT2D eigenvalue weighted by atomic mass is 19.4. The van der Waals surface area contributed by atoms with Crippen molar-refractivity contribution in [2.24, 2.45) is 5.92 Å². The molecule has 1 aliphatic rings. The van der Waals surface area contributed by atoms with Crippen LogP contribution in [0.1, 0.15) is 67.4 Å². The Morgan fingerprint density at radius 1 is 1.21 bits per heavy atom. The van der Waals surface area contributed by atoms with Gasteiger partial charge in [0.05, 0.1) is 30.3 Å². The molecule has 2 aromatic rings. The van der Waals surface area contributed by atoms with Crippen LogP contribution in [0.4, 0.5) is 19.0 Å². The number of nitrogens with zero attached hydrogens (tertiary/aromatic N) is 3. The van der Waals surface area contributed by atoms with Gasteiger partial charge >= 0.3 is 6.18 Å². The van der Waals surface area contributed by atoms with E-state index in [4.69, 9.17) is 5.11 Å². The van der Waals surface area contributed by atoms with Gasteiger partial charge in [-0.05, 0) is 30.0 Å². The Hall–Kier alpha value is -3.05. The van der Waals surface area contributed by atoms with E-state index in [0.29, 0.717) is 0 Å². The van der Waals surface area contributed by atoms with E-state index in [-0.39, 0.29) is 41.5 Å². The summed E-state index contributed by atoms with van der Waals surface area (Å²) in [4.78, 5) is 34.9. The van der Waals surface area contributed by atoms with E-state index in [2.05, 4.69) is 15.3 Å². The maximum atomic E-state index is 13.4. The third kappa shape index (κ3) is 6.09. The maximum Gasteiger partial charge on any atom is 0.416 e. The highest BCUT2D eigenvalue weighted by Gasteiger charge is 2.42. The van der Waals surface area contributed by atoms with E-state index in [0.717, 1.165) is 11.0 Å². The average Bonchev–Trinajstić information content (AvgIpc) is 3.14. The summed E-state index contributed by atoms with van der Waals surface area (Å²) in [6.07, 6.45) is -3.25. The Morgan fingerprint density at radius 2 is 1.88 bits per heavy atom. The monoisotopic (exact) mass is 482 g/mol. The van der Waals surface area contributed by atoms with Crippen LogP contribution in [0.25, 0.3) is 0 Å². The molecule has 3 rings (SSSR count). The number of hydrogen-bond donors (Lipinski definition) is 3. The number of amides is 2. The number of aromatic nitrogens is 2. The molecule has 0 aliphatic carbocycles. The lowest BCUT2D eigenvalue weighted by Gasteiger charge is -2.28. The fourth-order valence-electron chi connectivity index (χ4n) is 3.57. The van der Waals surface area contributed by atoms with Crippen LogP contribution in [0, 0.1) is 5.92 Å². The highest BCUT2D eigenvalue weighted by molar-refractivity contribution is 6.03. The summed E-state index contributed by atoms with van der Waals surface area (Å²) in [5, 5.41) is 21.0. The quantitative estimate of drug-likeness (QED) is 0.556. The van der Waals surface area contributed by atoms with Crippen molar-refractivity contribution < 1.29 is 33.0 Å². The van der Waals surface area contributed by atoms with E-state index >= 15 is 0 Å². The zero-order valence-corrected chi connectivity index (χ0v) is 19.4. The molecule has 186 valence electrons. The van der Waals surface area contributed by atoms with Gasteiger partial charge in [-0.3, -0.25) is 14.6 Å². The molecule has 1 aromatic heterocycles. The summed E-state index contributed by atoms with van der Waals surface area (Å²) in [6.45, 7) is 6.79. The number of halogens is 3. The van der Waals surface area contributed by atoms with E-state index in [9.17, 15) is 27.9 Å².